The monoisotopic (exact) mass is 989 g/mol. The normalized spacial score (nSPS) is 29.2. The van der Waals surface area contributed by atoms with Crippen LogP contribution in [-0.2, 0) is 49.4 Å². The van der Waals surface area contributed by atoms with E-state index in [2.05, 4.69) is 5.32 Å². The highest BCUT2D eigenvalue weighted by Gasteiger charge is 2.77. The predicted molar refractivity (Wildman–Crippen MR) is 259 cm³/mol. The van der Waals surface area contributed by atoms with E-state index in [1.807, 2.05) is 18.4 Å². The maximum absolute atomic E-state index is 15.5. The molecule has 0 spiro atoms. The van der Waals surface area contributed by atoms with Gasteiger partial charge < -0.3 is 44.0 Å². The molecular formula is C55H59NO14S. The van der Waals surface area contributed by atoms with Crippen molar-refractivity contribution in [3.8, 4) is 0 Å². The summed E-state index contributed by atoms with van der Waals surface area (Å²) >= 11 is 1.54. The number of hydrogen-bond donors (Lipinski definition) is 3. The Hall–Kier alpha value is -6.33. The van der Waals surface area contributed by atoms with Crippen LogP contribution in [0.5, 0.6) is 0 Å². The minimum absolute atomic E-state index is 0.101. The number of fused-ring (bicyclic) bond motifs is 5. The van der Waals surface area contributed by atoms with Gasteiger partial charge in [-0.1, -0.05) is 99.6 Å². The smallest absolute Gasteiger partial charge is 0.455 e. The highest BCUT2D eigenvalue weighted by atomic mass is 32.2. The molecule has 1 unspecified atom stereocenters. The maximum atomic E-state index is 15.5. The number of ketones is 1. The van der Waals surface area contributed by atoms with Crippen molar-refractivity contribution in [3.63, 3.8) is 0 Å². The lowest BCUT2D eigenvalue weighted by Gasteiger charge is -2.67. The van der Waals surface area contributed by atoms with E-state index in [-0.39, 0.29) is 30.8 Å². The minimum atomic E-state index is -2.27. The Bertz CT molecular complexity index is 2700. The van der Waals surface area contributed by atoms with Gasteiger partial charge in [0.25, 0.3) is 5.91 Å². The van der Waals surface area contributed by atoms with E-state index in [1.54, 1.807) is 137 Å². The average Bonchev–Trinajstić information content (AvgIpc) is 3.36. The summed E-state index contributed by atoms with van der Waals surface area (Å²) in [5.74, 6) is -6.36. The molecule has 4 aromatic rings. The average molecular weight is 990 g/mol. The van der Waals surface area contributed by atoms with Gasteiger partial charge in [-0.2, -0.15) is 0 Å². The second-order valence-electron chi connectivity index (χ2n) is 19.6. The third kappa shape index (κ3) is 9.26. The van der Waals surface area contributed by atoms with E-state index in [0.717, 1.165) is 4.90 Å². The molecule has 71 heavy (non-hydrogen) atoms. The molecule has 16 heteroatoms. The molecule has 0 radical (unpaired) electrons. The molecular weight excluding hydrogens is 931 g/mol. The summed E-state index contributed by atoms with van der Waals surface area (Å²) in [5.41, 5.74) is -5.15. The minimum Gasteiger partial charge on any atom is -0.455 e. The highest BCUT2D eigenvalue weighted by Crippen LogP contribution is 2.65. The Balaban J connectivity index is 1.24. The van der Waals surface area contributed by atoms with Gasteiger partial charge in [-0.3, -0.25) is 14.4 Å². The van der Waals surface area contributed by atoms with Crippen LogP contribution in [0, 0.1) is 22.7 Å². The molecule has 2 saturated carbocycles. The summed E-state index contributed by atoms with van der Waals surface area (Å²) in [4.78, 5) is 87.0. The number of aliphatic hydroxyl groups is 2. The van der Waals surface area contributed by atoms with E-state index >= 15 is 9.59 Å². The first-order valence-corrected chi connectivity index (χ1v) is 24.8. The molecule has 4 aliphatic rings. The maximum Gasteiger partial charge on any atom is 0.509 e. The molecule has 4 aromatic carbocycles. The molecule has 374 valence electrons. The third-order valence-corrected chi connectivity index (χ3v) is 16.0. The van der Waals surface area contributed by atoms with E-state index in [0.29, 0.717) is 22.3 Å². The molecule has 1 amide bonds. The summed E-state index contributed by atoms with van der Waals surface area (Å²) in [7, 11) is 0. The van der Waals surface area contributed by atoms with Crippen LogP contribution in [0.3, 0.4) is 0 Å². The van der Waals surface area contributed by atoms with Gasteiger partial charge >= 0.3 is 24.1 Å². The molecule has 3 N–H and O–H groups in total. The SMILES string of the molecule is CSc1ccc(COC(=O)O[C@@H](C(=O)O[C@H]2C[C@@]3(O)[C@@H](OC(=O)c4ccccc4)[C@H]4[C@](C)(C(=O)[C@H](C)C(=C2C)C3(C)C)[C@@H](O)CC2OC[C@]24OC(C)=O)[C@@H](NC(=O)c2ccccc2)c2ccccc2)cc1. The van der Waals surface area contributed by atoms with Gasteiger partial charge in [0.2, 0.25) is 6.10 Å². The van der Waals surface area contributed by atoms with Crippen molar-refractivity contribution in [2.24, 2.45) is 22.7 Å². The zero-order valence-electron chi connectivity index (χ0n) is 40.6. The molecule has 15 nitrogen and oxygen atoms in total. The first-order valence-electron chi connectivity index (χ1n) is 23.6. The molecule has 1 saturated heterocycles. The molecule has 2 bridgehead atoms. The second kappa shape index (κ2) is 20.1. The van der Waals surface area contributed by atoms with Gasteiger partial charge in [0.1, 0.15) is 42.3 Å². The van der Waals surface area contributed by atoms with Gasteiger partial charge in [-0.25, -0.2) is 14.4 Å². The van der Waals surface area contributed by atoms with Crippen molar-refractivity contribution in [2.45, 2.75) is 114 Å². The van der Waals surface area contributed by atoms with Crippen molar-refractivity contribution >= 4 is 47.5 Å². The van der Waals surface area contributed by atoms with E-state index in [9.17, 15) is 29.4 Å². The fourth-order valence-corrected chi connectivity index (χ4v) is 11.9. The Morgan fingerprint density at radius 2 is 1.46 bits per heavy atom. The van der Waals surface area contributed by atoms with Crippen molar-refractivity contribution < 1.29 is 67.4 Å². The molecule has 1 aliphatic heterocycles. The van der Waals surface area contributed by atoms with Crippen LogP contribution in [0.1, 0.15) is 92.3 Å². The number of thioether (sulfide) groups is 1. The molecule has 1 heterocycles. The standard InChI is InChI=1S/C55H59NO14S/c1-31-39(67-50(62)44(68-51(63)65-29-34-23-25-38(71-7)26-24-34)43(35-17-11-8-12-18-35)56-48(60)36-19-13-9-14-20-36)28-55(64)47(69-49(61)37-21-15-10-16-22-37)45-53(6,46(59)32(2)42(31)52(55,4)5)40(58)27-41-54(45,30-66-41)70-33(3)57/h8-26,32,39-41,43-45,47,58,64H,27-30H2,1-7H3,(H,56,60)/t32-,39+,40+,41?,43+,44-,45+,47+,53-,54+,55-/m1/s1. The van der Waals surface area contributed by atoms with Crippen LogP contribution >= 0.6 is 11.8 Å². The van der Waals surface area contributed by atoms with Gasteiger partial charge in [0, 0.05) is 41.6 Å². The summed E-state index contributed by atoms with van der Waals surface area (Å²) in [5, 5.41) is 28.9. The van der Waals surface area contributed by atoms with Crippen molar-refractivity contribution in [1.82, 2.24) is 5.32 Å². The van der Waals surface area contributed by atoms with E-state index in [4.69, 9.17) is 28.4 Å². The van der Waals surface area contributed by atoms with Gasteiger partial charge in [-0.05, 0) is 78.8 Å². The zero-order chi connectivity index (χ0) is 51.0. The zero-order valence-corrected chi connectivity index (χ0v) is 41.4. The van der Waals surface area contributed by atoms with Crippen LogP contribution < -0.4 is 5.32 Å². The van der Waals surface area contributed by atoms with Gasteiger partial charge in [-0.15, -0.1) is 11.8 Å². The Labute approximate surface area is 416 Å². The lowest BCUT2D eigenvalue weighted by molar-refractivity contribution is -0.345. The summed E-state index contributed by atoms with van der Waals surface area (Å²) < 4.78 is 36.5. The van der Waals surface area contributed by atoms with Crippen LogP contribution in [0.4, 0.5) is 4.79 Å². The molecule has 3 fully saturated rings. The summed E-state index contributed by atoms with van der Waals surface area (Å²) in [6.07, 6.45) is -7.34. The molecule has 8 rings (SSSR count). The van der Waals surface area contributed by atoms with Crippen LogP contribution in [0.15, 0.2) is 131 Å². The number of ether oxygens (including phenoxy) is 6. The van der Waals surface area contributed by atoms with Crippen molar-refractivity contribution in [3.05, 3.63) is 149 Å². The van der Waals surface area contributed by atoms with Crippen LogP contribution in [0.2, 0.25) is 0 Å². The first kappa shape index (κ1) is 51.0. The number of rotatable bonds is 13. The Morgan fingerprint density at radius 3 is 2.04 bits per heavy atom. The number of esters is 3. The van der Waals surface area contributed by atoms with E-state index in [1.165, 1.54) is 19.1 Å². The number of Topliss-reactive ketones (excluding diaryl/α,β-unsaturated/α-hetero) is 1. The molecule has 0 aromatic heterocycles. The van der Waals surface area contributed by atoms with E-state index < -0.39 is 113 Å². The topological polar surface area (TPSA) is 210 Å². The lowest BCUT2D eigenvalue weighted by Crippen LogP contribution is -2.81. The summed E-state index contributed by atoms with van der Waals surface area (Å²) in [6, 6.07) is 30.5. The number of amides is 1. The molecule has 11 atom stereocenters. The second-order valence-corrected chi connectivity index (χ2v) is 20.4. The Morgan fingerprint density at radius 1 is 0.859 bits per heavy atom. The van der Waals surface area contributed by atoms with Crippen LogP contribution in [-0.4, -0.2) is 101 Å². The number of hydrogen-bond acceptors (Lipinski definition) is 15. The molecule has 3 aliphatic carbocycles. The van der Waals surface area contributed by atoms with Crippen molar-refractivity contribution in [2.75, 3.05) is 12.9 Å². The largest absolute Gasteiger partial charge is 0.509 e. The number of benzene rings is 4. The van der Waals surface area contributed by atoms with Gasteiger partial charge in [0.15, 0.2) is 5.60 Å². The first-order chi connectivity index (χ1) is 33.8. The third-order valence-electron chi connectivity index (χ3n) is 15.2. The fraction of sp³-hybridized carbons (Fsp3) is 0.418. The number of aliphatic hydroxyl groups excluding tert-OH is 1. The number of carbonyl (C=O) groups is 6. The number of carbonyl (C=O) groups excluding carboxylic acids is 6. The van der Waals surface area contributed by atoms with Gasteiger partial charge in [0.05, 0.1) is 29.6 Å². The lowest BCUT2D eigenvalue weighted by atomic mass is 9.43. The quantitative estimate of drug-likeness (QED) is 0.0512. The highest BCUT2D eigenvalue weighted by molar-refractivity contribution is 7.98. The van der Waals surface area contributed by atoms with Crippen LogP contribution in [0.25, 0.3) is 0 Å². The van der Waals surface area contributed by atoms with Crippen molar-refractivity contribution in [1.29, 1.82) is 0 Å². The predicted octanol–water partition coefficient (Wildman–Crippen LogP) is 7.52. The Kier molecular flexibility index (Phi) is 14.4. The summed E-state index contributed by atoms with van der Waals surface area (Å²) in [6.45, 7) is 8.99. The number of nitrogens with one attached hydrogen (secondary N) is 1. The fourth-order valence-electron chi connectivity index (χ4n) is 11.5.